The van der Waals surface area contributed by atoms with Crippen LogP contribution in [0.4, 0.5) is 0 Å². The van der Waals surface area contributed by atoms with Gasteiger partial charge in [-0.15, -0.1) is 0 Å². The SMILES string of the molecule is COc1cc(C)c(S(=O)(=O)N(C)CCOCC(=O)N(C)C2CCCN(C(=O)CCN3CCCC3)C2)c(C)c1. The topological polar surface area (TPSA) is 99.7 Å². The second-order valence-corrected chi connectivity index (χ2v) is 12.4. The molecule has 2 saturated heterocycles. The van der Waals surface area contributed by atoms with Gasteiger partial charge in [-0.1, -0.05) is 0 Å². The Hall–Kier alpha value is -2.21. The molecular weight excluding hydrogens is 508 g/mol. The van der Waals surface area contributed by atoms with Gasteiger partial charge in [0.05, 0.1) is 18.6 Å². The number of hydrogen-bond acceptors (Lipinski definition) is 7. The molecule has 0 spiro atoms. The van der Waals surface area contributed by atoms with Crippen molar-refractivity contribution in [2.45, 2.75) is 56.9 Å². The van der Waals surface area contributed by atoms with Crippen LogP contribution >= 0.6 is 0 Å². The Morgan fingerprint density at radius 1 is 1.05 bits per heavy atom. The summed E-state index contributed by atoms with van der Waals surface area (Å²) in [6.07, 6.45) is 4.66. The number of amides is 2. The number of likely N-dealkylation sites (tertiary alicyclic amines) is 2. The van der Waals surface area contributed by atoms with Crippen molar-refractivity contribution in [2.75, 3.05) is 73.7 Å². The van der Waals surface area contributed by atoms with E-state index in [1.165, 1.54) is 24.2 Å². The largest absolute Gasteiger partial charge is 0.497 e. The fourth-order valence-corrected chi connectivity index (χ4v) is 6.84. The van der Waals surface area contributed by atoms with Crippen LogP contribution in [0.15, 0.2) is 17.0 Å². The Balaban J connectivity index is 1.44. The summed E-state index contributed by atoms with van der Waals surface area (Å²) >= 11 is 0. The van der Waals surface area contributed by atoms with Crippen molar-refractivity contribution in [1.82, 2.24) is 19.0 Å². The molecule has 0 bridgehead atoms. The minimum Gasteiger partial charge on any atom is -0.497 e. The zero-order chi connectivity index (χ0) is 27.9. The normalized spacial score (nSPS) is 18.7. The first-order valence-electron chi connectivity index (χ1n) is 13.5. The summed E-state index contributed by atoms with van der Waals surface area (Å²) in [6, 6.07) is 3.36. The van der Waals surface area contributed by atoms with Gasteiger partial charge in [0.25, 0.3) is 0 Å². The summed E-state index contributed by atoms with van der Waals surface area (Å²) in [7, 11) is 1.08. The Morgan fingerprint density at radius 3 is 2.34 bits per heavy atom. The van der Waals surface area contributed by atoms with E-state index in [0.29, 0.717) is 29.8 Å². The standard InChI is InChI=1S/C27H44N4O6S/c1-21-17-24(36-5)18-22(2)27(21)38(34,35)28(3)15-16-37-20-26(33)29(4)23-9-8-13-31(19-23)25(32)10-14-30-11-6-7-12-30/h17-18,23H,6-16,19-20H2,1-5H3. The number of aryl methyl sites for hydroxylation is 2. The first-order chi connectivity index (χ1) is 18.0. The molecule has 0 N–H and O–H groups in total. The number of hydrogen-bond donors (Lipinski definition) is 0. The molecule has 10 nitrogen and oxygen atoms in total. The summed E-state index contributed by atoms with van der Waals surface area (Å²) < 4.78 is 38.3. The second-order valence-electron chi connectivity index (χ2n) is 10.4. The first kappa shape index (κ1) is 30.3. The molecular formula is C27H44N4O6S. The molecule has 0 radical (unpaired) electrons. The lowest BCUT2D eigenvalue weighted by Crippen LogP contribution is -2.51. The Kier molecular flexibility index (Phi) is 11.0. The predicted molar refractivity (Wildman–Crippen MR) is 146 cm³/mol. The molecule has 214 valence electrons. The highest BCUT2D eigenvalue weighted by Crippen LogP contribution is 2.27. The monoisotopic (exact) mass is 552 g/mol. The lowest BCUT2D eigenvalue weighted by molar-refractivity contribution is -0.141. The number of sulfonamides is 1. The molecule has 2 amide bonds. The second kappa shape index (κ2) is 13.7. The average Bonchev–Trinajstić information content (AvgIpc) is 3.42. The van der Waals surface area contributed by atoms with Gasteiger partial charge in [0.15, 0.2) is 0 Å². The molecule has 2 aliphatic heterocycles. The summed E-state index contributed by atoms with van der Waals surface area (Å²) in [6.45, 7) is 7.82. The number of benzene rings is 1. The van der Waals surface area contributed by atoms with E-state index in [9.17, 15) is 18.0 Å². The van der Waals surface area contributed by atoms with Gasteiger partial charge in [-0.2, -0.15) is 4.31 Å². The van der Waals surface area contributed by atoms with Crippen LogP contribution in [0.1, 0.15) is 43.2 Å². The van der Waals surface area contributed by atoms with E-state index >= 15 is 0 Å². The molecule has 1 aromatic carbocycles. The maximum Gasteiger partial charge on any atom is 0.248 e. The zero-order valence-electron chi connectivity index (χ0n) is 23.6. The molecule has 3 rings (SSSR count). The molecule has 0 aliphatic carbocycles. The van der Waals surface area contributed by atoms with Crippen LogP contribution in [0.3, 0.4) is 0 Å². The molecule has 1 unspecified atom stereocenters. The summed E-state index contributed by atoms with van der Waals surface area (Å²) in [5.74, 6) is 0.596. The van der Waals surface area contributed by atoms with Crippen molar-refractivity contribution in [1.29, 1.82) is 0 Å². The fraction of sp³-hybridized carbons (Fsp3) is 0.704. The number of carbonyl (C=O) groups is 2. The van der Waals surface area contributed by atoms with E-state index < -0.39 is 10.0 Å². The highest BCUT2D eigenvalue weighted by Gasteiger charge is 2.29. The number of piperidine rings is 1. The molecule has 11 heteroatoms. The number of rotatable bonds is 12. The molecule has 2 heterocycles. The summed E-state index contributed by atoms with van der Waals surface area (Å²) in [5.41, 5.74) is 1.23. The quantitative estimate of drug-likeness (QED) is 0.365. The van der Waals surface area contributed by atoms with Gasteiger partial charge < -0.3 is 24.2 Å². The molecule has 38 heavy (non-hydrogen) atoms. The van der Waals surface area contributed by atoms with Crippen molar-refractivity contribution in [3.05, 3.63) is 23.3 Å². The van der Waals surface area contributed by atoms with E-state index in [4.69, 9.17) is 9.47 Å². The van der Waals surface area contributed by atoms with Crippen LogP contribution in [0, 0.1) is 13.8 Å². The number of nitrogens with zero attached hydrogens (tertiary/aromatic N) is 4. The molecule has 2 fully saturated rings. The van der Waals surface area contributed by atoms with E-state index in [-0.39, 0.29) is 42.5 Å². The molecule has 1 atom stereocenters. The van der Waals surface area contributed by atoms with Gasteiger partial charge in [-0.25, -0.2) is 8.42 Å². The maximum atomic E-state index is 13.1. The third-order valence-electron chi connectivity index (χ3n) is 7.64. The van der Waals surface area contributed by atoms with Gasteiger partial charge in [0.2, 0.25) is 21.8 Å². The smallest absolute Gasteiger partial charge is 0.248 e. The van der Waals surface area contributed by atoms with Gasteiger partial charge in [0.1, 0.15) is 12.4 Å². The average molecular weight is 553 g/mol. The van der Waals surface area contributed by atoms with E-state index in [0.717, 1.165) is 39.0 Å². The van der Waals surface area contributed by atoms with Crippen LogP contribution in [0.2, 0.25) is 0 Å². The van der Waals surface area contributed by atoms with Crippen molar-refractivity contribution in [3.63, 3.8) is 0 Å². The summed E-state index contributed by atoms with van der Waals surface area (Å²) in [5, 5.41) is 0. The summed E-state index contributed by atoms with van der Waals surface area (Å²) in [4.78, 5) is 31.7. The lowest BCUT2D eigenvalue weighted by Gasteiger charge is -2.38. The molecule has 0 saturated carbocycles. The molecule has 0 aromatic heterocycles. The van der Waals surface area contributed by atoms with Crippen molar-refractivity contribution in [2.24, 2.45) is 0 Å². The van der Waals surface area contributed by atoms with Crippen LogP contribution in [0.25, 0.3) is 0 Å². The Bertz CT molecular complexity index is 1050. The van der Waals surface area contributed by atoms with E-state index in [1.807, 2.05) is 4.90 Å². The van der Waals surface area contributed by atoms with Gasteiger partial charge in [-0.05, 0) is 75.9 Å². The van der Waals surface area contributed by atoms with Crippen molar-refractivity contribution in [3.8, 4) is 5.75 Å². The zero-order valence-corrected chi connectivity index (χ0v) is 24.4. The number of likely N-dealkylation sites (N-methyl/N-ethyl adjacent to an activating group) is 2. The van der Waals surface area contributed by atoms with E-state index in [1.54, 1.807) is 45.0 Å². The Morgan fingerprint density at radius 2 is 1.71 bits per heavy atom. The first-order valence-corrected chi connectivity index (χ1v) is 14.9. The van der Waals surface area contributed by atoms with E-state index in [2.05, 4.69) is 4.90 Å². The third-order valence-corrected chi connectivity index (χ3v) is 9.81. The molecule has 1 aromatic rings. The van der Waals surface area contributed by atoms with Gasteiger partial charge in [-0.3, -0.25) is 9.59 Å². The van der Waals surface area contributed by atoms with Crippen molar-refractivity contribution >= 4 is 21.8 Å². The maximum absolute atomic E-state index is 13.1. The predicted octanol–water partition coefficient (Wildman–Crippen LogP) is 1.88. The minimum atomic E-state index is -3.72. The van der Waals surface area contributed by atoms with Crippen LogP contribution in [0.5, 0.6) is 5.75 Å². The molecule has 2 aliphatic rings. The van der Waals surface area contributed by atoms with Gasteiger partial charge in [0, 0.05) is 52.7 Å². The number of ether oxygens (including phenoxy) is 2. The van der Waals surface area contributed by atoms with Crippen LogP contribution < -0.4 is 4.74 Å². The minimum absolute atomic E-state index is 0.0420. The highest BCUT2D eigenvalue weighted by atomic mass is 32.2. The third kappa shape index (κ3) is 7.68. The highest BCUT2D eigenvalue weighted by molar-refractivity contribution is 7.89. The van der Waals surface area contributed by atoms with Crippen LogP contribution in [-0.4, -0.2) is 119 Å². The fourth-order valence-electron chi connectivity index (χ4n) is 5.28. The number of carbonyl (C=O) groups excluding carboxylic acids is 2. The van der Waals surface area contributed by atoms with Crippen molar-refractivity contribution < 1.29 is 27.5 Å². The lowest BCUT2D eigenvalue weighted by atomic mass is 10.0. The number of methoxy groups -OCH3 is 1. The van der Waals surface area contributed by atoms with Crippen LogP contribution in [-0.2, 0) is 24.3 Å². The Labute approximate surface area is 227 Å². The van der Waals surface area contributed by atoms with Gasteiger partial charge >= 0.3 is 0 Å².